The smallest absolute Gasteiger partial charge is 0.223 e. The number of nitrogens with two attached hydrogens (primary N) is 1. The number of nitrogens with zero attached hydrogens (tertiary/aromatic N) is 3. The Bertz CT molecular complexity index is 380. The minimum absolute atomic E-state index is 0.332. The minimum Gasteiger partial charge on any atom is -0.370 e. The molecule has 3 N–H and O–H groups in total. The average molecular weight is 265 g/mol. The first-order chi connectivity index (χ1) is 9.10. The van der Waals surface area contributed by atoms with E-state index in [0.717, 1.165) is 44.1 Å². The zero-order valence-electron chi connectivity index (χ0n) is 12.6. The second-order valence-electron chi connectivity index (χ2n) is 4.95. The number of nitrogen functional groups attached to an aromatic ring is 1. The molecule has 0 bridgehead atoms. The quantitative estimate of drug-likeness (QED) is 0.756. The largest absolute Gasteiger partial charge is 0.370 e. The summed E-state index contributed by atoms with van der Waals surface area (Å²) < 4.78 is 0. The predicted octanol–water partition coefficient (Wildman–Crippen LogP) is 2.75. The summed E-state index contributed by atoms with van der Waals surface area (Å²) in [5, 5.41) is 3.26. The summed E-state index contributed by atoms with van der Waals surface area (Å²) in [6, 6.07) is 1.98. The lowest BCUT2D eigenvalue weighted by Crippen LogP contribution is -2.29. The van der Waals surface area contributed by atoms with Crippen molar-refractivity contribution in [3.8, 4) is 0 Å². The molecular weight excluding hydrogens is 238 g/mol. The van der Waals surface area contributed by atoms with Gasteiger partial charge in [-0.25, -0.2) is 0 Å². The van der Waals surface area contributed by atoms with E-state index in [-0.39, 0.29) is 0 Å². The molecule has 0 spiro atoms. The fraction of sp³-hybridized carbons (Fsp3) is 0.714. The third kappa shape index (κ3) is 4.93. The van der Waals surface area contributed by atoms with E-state index in [1.54, 1.807) is 0 Å². The molecule has 5 nitrogen and oxygen atoms in total. The molecule has 1 aromatic heterocycles. The van der Waals surface area contributed by atoms with Gasteiger partial charge in [-0.2, -0.15) is 9.97 Å². The number of aromatic nitrogens is 2. The monoisotopic (exact) mass is 265 g/mol. The van der Waals surface area contributed by atoms with E-state index in [2.05, 4.69) is 47.9 Å². The number of anilines is 3. The molecule has 1 heterocycles. The van der Waals surface area contributed by atoms with Gasteiger partial charge >= 0.3 is 0 Å². The van der Waals surface area contributed by atoms with Gasteiger partial charge in [-0.3, -0.25) is 0 Å². The van der Waals surface area contributed by atoms with Gasteiger partial charge in [-0.05, 0) is 19.3 Å². The average Bonchev–Trinajstić information content (AvgIpc) is 2.41. The Kier molecular flexibility index (Phi) is 6.39. The summed E-state index contributed by atoms with van der Waals surface area (Å²) in [6.45, 7) is 11.5. The van der Waals surface area contributed by atoms with E-state index in [9.17, 15) is 0 Å². The van der Waals surface area contributed by atoms with E-state index < -0.39 is 0 Å². The summed E-state index contributed by atoms with van der Waals surface area (Å²) in [5.41, 5.74) is 5.80. The van der Waals surface area contributed by atoms with Crippen LogP contribution < -0.4 is 16.0 Å². The first-order valence-electron chi connectivity index (χ1n) is 7.24. The molecule has 0 amide bonds. The molecule has 0 saturated heterocycles. The van der Waals surface area contributed by atoms with Gasteiger partial charge in [0.25, 0.3) is 0 Å². The number of rotatable bonds is 8. The molecule has 108 valence electrons. The van der Waals surface area contributed by atoms with Crippen molar-refractivity contribution in [2.45, 2.75) is 40.5 Å². The van der Waals surface area contributed by atoms with Gasteiger partial charge < -0.3 is 16.0 Å². The second kappa shape index (κ2) is 7.81. The first-order valence-corrected chi connectivity index (χ1v) is 7.24. The maximum Gasteiger partial charge on any atom is 0.223 e. The molecular formula is C14H27N5. The van der Waals surface area contributed by atoms with Crippen LogP contribution in [-0.2, 0) is 0 Å². The molecule has 0 fully saturated rings. The van der Waals surface area contributed by atoms with Crippen LogP contribution in [0.4, 0.5) is 17.6 Å². The van der Waals surface area contributed by atoms with E-state index in [0.29, 0.717) is 11.9 Å². The van der Waals surface area contributed by atoms with Crippen molar-refractivity contribution in [1.29, 1.82) is 0 Å². The molecule has 1 unspecified atom stereocenters. The van der Waals surface area contributed by atoms with Crippen LogP contribution in [0, 0.1) is 5.92 Å². The van der Waals surface area contributed by atoms with E-state index in [1.165, 1.54) is 0 Å². The summed E-state index contributed by atoms with van der Waals surface area (Å²) in [7, 11) is 0. The molecule has 0 radical (unpaired) electrons. The Balaban J connectivity index is 2.86. The Morgan fingerprint density at radius 3 is 2.63 bits per heavy atom. The fourth-order valence-electron chi connectivity index (χ4n) is 1.85. The molecule has 1 rings (SSSR count). The predicted molar refractivity (Wildman–Crippen MR) is 82.6 cm³/mol. The summed E-state index contributed by atoms with van der Waals surface area (Å²) in [6.07, 6.45) is 2.22. The van der Waals surface area contributed by atoms with E-state index in [4.69, 9.17) is 5.73 Å². The Morgan fingerprint density at radius 2 is 2.05 bits per heavy atom. The Hall–Kier alpha value is -1.52. The fourth-order valence-corrected chi connectivity index (χ4v) is 1.85. The van der Waals surface area contributed by atoms with Crippen molar-refractivity contribution in [2.24, 2.45) is 5.92 Å². The lowest BCUT2D eigenvalue weighted by Gasteiger charge is -2.25. The third-order valence-electron chi connectivity index (χ3n) is 3.22. The number of hydrogen-bond acceptors (Lipinski definition) is 5. The van der Waals surface area contributed by atoms with Crippen molar-refractivity contribution in [3.05, 3.63) is 6.07 Å². The van der Waals surface area contributed by atoms with Crippen molar-refractivity contribution in [2.75, 3.05) is 35.6 Å². The van der Waals surface area contributed by atoms with Crippen LogP contribution in [-0.4, -0.2) is 29.6 Å². The van der Waals surface area contributed by atoms with Gasteiger partial charge in [0.1, 0.15) is 11.6 Å². The maximum atomic E-state index is 5.80. The summed E-state index contributed by atoms with van der Waals surface area (Å²) in [5.74, 6) is 2.70. The van der Waals surface area contributed by atoms with Crippen LogP contribution in [0.5, 0.6) is 0 Å². The zero-order valence-corrected chi connectivity index (χ0v) is 12.6. The maximum absolute atomic E-state index is 5.80. The van der Waals surface area contributed by atoms with Gasteiger partial charge in [0.2, 0.25) is 5.95 Å². The van der Waals surface area contributed by atoms with Crippen LogP contribution in [0.3, 0.4) is 0 Å². The van der Waals surface area contributed by atoms with Gasteiger partial charge in [-0.15, -0.1) is 0 Å². The zero-order chi connectivity index (χ0) is 14.3. The molecule has 0 aliphatic rings. The lowest BCUT2D eigenvalue weighted by atomic mass is 10.1. The second-order valence-corrected chi connectivity index (χ2v) is 4.95. The van der Waals surface area contributed by atoms with Crippen molar-refractivity contribution in [3.63, 3.8) is 0 Å². The topological polar surface area (TPSA) is 67.1 Å². The molecule has 0 aliphatic heterocycles. The lowest BCUT2D eigenvalue weighted by molar-refractivity contribution is 0.545. The number of nitrogens with one attached hydrogen (secondary N) is 1. The van der Waals surface area contributed by atoms with E-state index in [1.807, 2.05) is 6.07 Å². The highest BCUT2D eigenvalue weighted by Gasteiger charge is 2.11. The molecule has 1 aromatic rings. The highest BCUT2D eigenvalue weighted by Crippen LogP contribution is 2.18. The number of hydrogen-bond donors (Lipinski definition) is 2. The van der Waals surface area contributed by atoms with Crippen LogP contribution in [0.1, 0.15) is 40.5 Å². The molecule has 5 heteroatoms. The summed E-state index contributed by atoms with van der Waals surface area (Å²) >= 11 is 0. The highest BCUT2D eigenvalue weighted by molar-refractivity contribution is 5.52. The van der Waals surface area contributed by atoms with Crippen molar-refractivity contribution >= 4 is 17.6 Å². The van der Waals surface area contributed by atoms with Crippen LogP contribution in [0.15, 0.2) is 6.07 Å². The standard InChI is InChI=1S/C14H27N5/c1-5-8-16-12-9-13(18-14(15)17-12)19(7-3)10-11(4)6-2/h9,11H,5-8,10H2,1-4H3,(H3,15,16,17,18). The van der Waals surface area contributed by atoms with Gasteiger partial charge in [-0.1, -0.05) is 27.2 Å². The van der Waals surface area contributed by atoms with Gasteiger partial charge in [0, 0.05) is 25.7 Å². The van der Waals surface area contributed by atoms with Crippen LogP contribution in [0.2, 0.25) is 0 Å². The Labute approximate surface area is 116 Å². The summed E-state index contributed by atoms with van der Waals surface area (Å²) in [4.78, 5) is 10.8. The van der Waals surface area contributed by atoms with Crippen LogP contribution >= 0.6 is 0 Å². The molecule has 0 saturated carbocycles. The third-order valence-corrected chi connectivity index (χ3v) is 3.22. The van der Waals surface area contributed by atoms with Gasteiger partial charge in [0.05, 0.1) is 0 Å². The molecule has 0 aliphatic carbocycles. The van der Waals surface area contributed by atoms with Crippen molar-refractivity contribution < 1.29 is 0 Å². The highest BCUT2D eigenvalue weighted by atomic mass is 15.2. The normalized spacial score (nSPS) is 12.2. The van der Waals surface area contributed by atoms with Crippen LogP contribution in [0.25, 0.3) is 0 Å². The van der Waals surface area contributed by atoms with Gasteiger partial charge in [0.15, 0.2) is 0 Å². The Morgan fingerprint density at radius 1 is 1.32 bits per heavy atom. The van der Waals surface area contributed by atoms with E-state index >= 15 is 0 Å². The molecule has 0 aromatic carbocycles. The molecule has 19 heavy (non-hydrogen) atoms. The SMILES string of the molecule is CCCNc1cc(N(CC)CC(C)CC)nc(N)n1. The first kappa shape index (κ1) is 15.5. The van der Waals surface area contributed by atoms with Crippen molar-refractivity contribution in [1.82, 2.24) is 9.97 Å². The minimum atomic E-state index is 0.332. The molecule has 1 atom stereocenters.